The number of nitrogens with zero attached hydrogens (tertiary/aromatic N) is 5. The number of halogens is 1. The molecule has 128 valence electrons. The van der Waals surface area contributed by atoms with Crippen molar-refractivity contribution in [3.63, 3.8) is 0 Å². The lowest BCUT2D eigenvalue weighted by Crippen LogP contribution is -2.38. The highest BCUT2D eigenvalue weighted by Gasteiger charge is 1.99. The van der Waals surface area contributed by atoms with E-state index in [1.807, 2.05) is 41.1 Å². The van der Waals surface area contributed by atoms with Crippen molar-refractivity contribution in [2.75, 3.05) is 19.6 Å². The summed E-state index contributed by atoms with van der Waals surface area (Å²) in [4.78, 5) is 4.58. The molecular formula is C15H26IN7. The van der Waals surface area contributed by atoms with E-state index < -0.39 is 0 Å². The van der Waals surface area contributed by atoms with Gasteiger partial charge in [-0.2, -0.15) is 10.2 Å². The van der Waals surface area contributed by atoms with Crippen molar-refractivity contribution in [1.82, 2.24) is 30.2 Å². The quantitative estimate of drug-likeness (QED) is 0.287. The van der Waals surface area contributed by atoms with Crippen molar-refractivity contribution >= 4 is 29.9 Å². The van der Waals surface area contributed by atoms with Gasteiger partial charge >= 0.3 is 0 Å². The van der Waals surface area contributed by atoms with E-state index in [9.17, 15) is 0 Å². The van der Waals surface area contributed by atoms with Gasteiger partial charge in [0.2, 0.25) is 0 Å². The Morgan fingerprint density at radius 1 is 1.30 bits per heavy atom. The lowest BCUT2D eigenvalue weighted by atomic mass is 10.2. The van der Waals surface area contributed by atoms with Gasteiger partial charge in [0, 0.05) is 51.8 Å². The zero-order valence-corrected chi connectivity index (χ0v) is 16.1. The minimum absolute atomic E-state index is 0. The van der Waals surface area contributed by atoms with E-state index in [1.165, 1.54) is 5.56 Å². The van der Waals surface area contributed by atoms with E-state index in [-0.39, 0.29) is 24.0 Å². The number of rotatable bonds is 8. The van der Waals surface area contributed by atoms with Crippen LogP contribution < -0.4 is 10.6 Å². The van der Waals surface area contributed by atoms with E-state index in [2.05, 4.69) is 32.7 Å². The third-order valence-corrected chi connectivity index (χ3v) is 3.18. The summed E-state index contributed by atoms with van der Waals surface area (Å²) in [6, 6.07) is 1.94. The SMILES string of the molecule is CCNC(=NCCCn1cccn1)NCCc1cnn(C)c1.I. The van der Waals surface area contributed by atoms with Gasteiger partial charge in [0.15, 0.2) is 5.96 Å². The van der Waals surface area contributed by atoms with Gasteiger partial charge in [-0.15, -0.1) is 24.0 Å². The summed E-state index contributed by atoms with van der Waals surface area (Å²) in [6.07, 6.45) is 9.62. The number of aryl methyl sites for hydroxylation is 2. The maximum atomic E-state index is 4.58. The second-order valence-electron chi connectivity index (χ2n) is 5.08. The minimum atomic E-state index is 0. The van der Waals surface area contributed by atoms with E-state index >= 15 is 0 Å². The molecule has 0 saturated carbocycles. The maximum absolute atomic E-state index is 4.58. The van der Waals surface area contributed by atoms with E-state index in [0.29, 0.717) is 0 Å². The van der Waals surface area contributed by atoms with Crippen LogP contribution in [0.25, 0.3) is 0 Å². The summed E-state index contributed by atoms with van der Waals surface area (Å²) < 4.78 is 3.75. The van der Waals surface area contributed by atoms with Crippen molar-refractivity contribution in [2.24, 2.45) is 12.0 Å². The predicted molar refractivity (Wildman–Crippen MR) is 103 cm³/mol. The maximum Gasteiger partial charge on any atom is 0.191 e. The van der Waals surface area contributed by atoms with Crippen LogP contribution in [0.4, 0.5) is 0 Å². The molecule has 2 N–H and O–H groups in total. The number of aliphatic imine (C=N–C) groups is 1. The fourth-order valence-corrected chi connectivity index (χ4v) is 2.12. The molecule has 2 aromatic heterocycles. The monoisotopic (exact) mass is 431 g/mol. The fraction of sp³-hybridized carbons (Fsp3) is 0.533. The van der Waals surface area contributed by atoms with Crippen LogP contribution in [0.1, 0.15) is 18.9 Å². The molecule has 0 aliphatic rings. The first kappa shape index (κ1) is 19.5. The molecule has 0 aliphatic heterocycles. The Morgan fingerprint density at radius 3 is 2.83 bits per heavy atom. The van der Waals surface area contributed by atoms with Crippen molar-refractivity contribution in [1.29, 1.82) is 0 Å². The topological polar surface area (TPSA) is 72.1 Å². The number of hydrogen-bond acceptors (Lipinski definition) is 3. The van der Waals surface area contributed by atoms with Crippen molar-refractivity contribution in [2.45, 2.75) is 26.3 Å². The molecule has 0 amide bonds. The molecule has 2 heterocycles. The molecule has 0 fully saturated rings. The van der Waals surface area contributed by atoms with Crippen LogP contribution in [-0.2, 0) is 20.0 Å². The first-order chi connectivity index (χ1) is 10.8. The molecule has 0 radical (unpaired) electrons. The average Bonchev–Trinajstić information content (AvgIpc) is 3.15. The van der Waals surface area contributed by atoms with Crippen LogP contribution in [-0.4, -0.2) is 45.2 Å². The van der Waals surface area contributed by atoms with Crippen molar-refractivity contribution in [3.8, 4) is 0 Å². The first-order valence-electron chi connectivity index (χ1n) is 7.75. The Balaban J connectivity index is 0.00000264. The third-order valence-electron chi connectivity index (χ3n) is 3.18. The lowest BCUT2D eigenvalue weighted by Gasteiger charge is -2.10. The van der Waals surface area contributed by atoms with Gasteiger partial charge < -0.3 is 10.6 Å². The number of hydrogen-bond donors (Lipinski definition) is 2. The molecule has 0 aromatic carbocycles. The zero-order valence-electron chi connectivity index (χ0n) is 13.8. The van der Waals surface area contributed by atoms with Gasteiger partial charge in [-0.1, -0.05) is 0 Å². The molecule has 0 spiro atoms. The van der Waals surface area contributed by atoms with Crippen LogP contribution >= 0.6 is 24.0 Å². The summed E-state index contributed by atoms with van der Waals surface area (Å²) in [5.41, 5.74) is 1.23. The minimum Gasteiger partial charge on any atom is -0.357 e. The average molecular weight is 431 g/mol. The molecule has 7 nitrogen and oxygen atoms in total. The standard InChI is InChI=1S/C15H25N7.HI/c1-3-16-15(17-7-4-10-22-11-5-8-19-22)18-9-6-14-12-20-21(2)13-14;/h5,8,11-13H,3-4,6-7,9-10H2,1-2H3,(H2,16,17,18);1H. The van der Waals surface area contributed by atoms with Crippen LogP contribution in [0, 0.1) is 0 Å². The zero-order chi connectivity index (χ0) is 15.6. The Kier molecular flexibility index (Phi) is 9.34. The smallest absolute Gasteiger partial charge is 0.191 e. The fourth-order valence-electron chi connectivity index (χ4n) is 2.12. The van der Waals surface area contributed by atoms with Crippen LogP contribution in [0.2, 0.25) is 0 Å². The van der Waals surface area contributed by atoms with Crippen LogP contribution in [0.3, 0.4) is 0 Å². The molecule has 0 bridgehead atoms. The summed E-state index contributed by atoms with van der Waals surface area (Å²) in [5.74, 6) is 0.867. The summed E-state index contributed by atoms with van der Waals surface area (Å²) in [7, 11) is 1.93. The Morgan fingerprint density at radius 2 is 2.17 bits per heavy atom. The largest absolute Gasteiger partial charge is 0.357 e. The highest BCUT2D eigenvalue weighted by molar-refractivity contribution is 14.0. The number of nitrogens with one attached hydrogen (secondary N) is 2. The van der Waals surface area contributed by atoms with Gasteiger partial charge in [0.25, 0.3) is 0 Å². The number of guanidine groups is 1. The molecule has 0 unspecified atom stereocenters. The van der Waals surface area contributed by atoms with Crippen LogP contribution in [0.5, 0.6) is 0 Å². The molecule has 2 rings (SSSR count). The van der Waals surface area contributed by atoms with Crippen LogP contribution in [0.15, 0.2) is 35.8 Å². The Hall–Kier alpha value is -1.58. The molecular weight excluding hydrogens is 405 g/mol. The van der Waals surface area contributed by atoms with E-state index in [0.717, 1.165) is 45.0 Å². The summed E-state index contributed by atoms with van der Waals surface area (Å²) in [6.45, 7) is 5.45. The Labute approximate surface area is 154 Å². The van der Waals surface area contributed by atoms with Crippen molar-refractivity contribution < 1.29 is 0 Å². The third kappa shape index (κ3) is 7.49. The second-order valence-corrected chi connectivity index (χ2v) is 5.08. The highest BCUT2D eigenvalue weighted by Crippen LogP contribution is 1.96. The normalized spacial score (nSPS) is 11.1. The van der Waals surface area contributed by atoms with Gasteiger partial charge in [-0.05, 0) is 31.4 Å². The van der Waals surface area contributed by atoms with E-state index in [4.69, 9.17) is 0 Å². The highest BCUT2D eigenvalue weighted by atomic mass is 127. The molecule has 0 aliphatic carbocycles. The molecule has 0 saturated heterocycles. The van der Waals surface area contributed by atoms with Gasteiger partial charge in [-0.3, -0.25) is 14.4 Å². The second kappa shape index (κ2) is 11.0. The van der Waals surface area contributed by atoms with Gasteiger partial charge in [0.05, 0.1) is 6.20 Å². The van der Waals surface area contributed by atoms with E-state index in [1.54, 1.807) is 6.20 Å². The summed E-state index contributed by atoms with van der Waals surface area (Å²) in [5, 5.41) is 15.0. The molecule has 23 heavy (non-hydrogen) atoms. The first-order valence-corrected chi connectivity index (χ1v) is 7.75. The summed E-state index contributed by atoms with van der Waals surface area (Å²) >= 11 is 0. The lowest BCUT2D eigenvalue weighted by molar-refractivity contribution is 0.584. The molecule has 2 aromatic rings. The van der Waals surface area contributed by atoms with Gasteiger partial charge in [0.1, 0.15) is 0 Å². The molecule has 8 heteroatoms. The Bertz CT molecular complexity index is 562. The number of aromatic nitrogens is 4. The predicted octanol–water partition coefficient (Wildman–Crippen LogP) is 1.42. The molecule has 0 atom stereocenters. The van der Waals surface area contributed by atoms with Gasteiger partial charge in [-0.25, -0.2) is 0 Å². The van der Waals surface area contributed by atoms with Crippen molar-refractivity contribution in [3.05, 3.63) is 36.4 Å².